The zero-order chi connectivity index (χ0) is 13.5. The average Bonchev–Trinajstić information content (AvgIpc) is 3.02. The molecule has 0 bridgehead atoms. The number of hydrogen-bond donors (Lipinski definition) is 0. The van der Waals surface area contributed by atoms with Crippen LogP contribution in [0.3, 0.4) is 0 Å². The molecule has 0 saturated heterocycles. The van der Waals surface area contributed by atoms with E-state index in [0.29, 0.717) is 0 Å². The van der Waals surface area contributed by atoms with Gasteiger partial charge in [0.05, 0.1) is 0 Å². The molecule has 0 spiro atoms. The molecule has 2 aromatic rings. The van der Waals surface area contributed by atoms with Crippen LogP contribution < -0.4 is 0 Å². The molecule has 0 radical (unpaired) electrons. The minimum Gasteiger partial charge on any atom is -0.273 e. The summed E-state index contributed by atoms with van der Waals surface area (Å²) in [7, 11) is 0. The molecule has 18 heavy (non-hydrogen) atoms. The summed E-state index contributed by atoms with van der Waals surface area (Å²) in [5, 5.41) is 7.49. The summed E-state index contributed by atoms with van der Waals surface area (Å²) in [4.78, 5) is 21.5. The molecule has 0 aliphatic heterocycles. The highest BCUT2D eigenvalue weighted by Crippen LogP contribution is 1.96. The first-order valence-electron chi connectivity index (χ1n) is 5.56. The van der Waals surface area contributed by atoms with E-state index >= 15 is 0 Å². The van der Waals surface area contributed by atoms with Gasteiger partial charge in [-0.05, 0) is 12.1 Å². The number of rotatable bonds is 1. The zero-order valence-corrected chi connectivity index (χ0v) is 10.6. The number of aromatic nitrogens is 4. The Kier molecular flexibility index (Phi) is 4.98. The van der Waals surface area contributed by atoms with Crippen molar-refractivity contribution in [2.45, 2.75) is 20.8 Å². The summed E-state index contributed by atoms with van der Waals surface area (Å²) in [5.41, 5.74) is 0. The van der Waals surface area contributed by atoms with Crippen molar-refractivity contribution in [2.24, 2.45) is 5.92 Å². The van der Waals surface area contributed by atoms with E-state index in [0.717, 1.165) is 0 Å². The fourth-order valence-electron chi connectivity index (χ4n) is 1.12. The molecule has 0 aromatic carbocycles. The third kappa shape index (κ3) is 3.97. The zero-order valence-electron chi connectivity index (χ0n) is 10.6. The fraction of sp³-hybridized carbons (Fsp3) is 0.333. The van der Waals surface area contributed by atoms with Gasteiger partial charge in [-0.3, -0.25) is 9.59 Å². The van der Waals surface area contributed by atoms with E-state index in [1.807, 2.05) is 13.8 Å². The highest BCUT2D eigenvalue weighted by Gasteiger charge is 2.07. The third-order valence-electron chi connectivity index (χ3n) is 2.05. The Morgan fingerprint density at radius 3 is 1.78 bits per heavy atom. The molecule has 2 rings (SSSR count). The van der Waals surface area contributed by atoms with Crippen molar-refractivity contribution >= 4 is 11.8 Å². The molecule has 0 atom stereocenters. The number of hydrogen-bond acceptors (Lipinski definition) is 4. The lowest BCUT2D eigenvalue weighted by molar-refractivity contribution is 0.0838. The van der Waals surface area contributed by atoms with Gasteiger partial charge in [-0.25, -0.2) is 9.36 Å². The first-order valence-corrected chi connectivity index (χ1v) is 5.56. The van der Waals surface area contributed by atoms with Crippen LogP contribution in [0.4, 0.5) is 0 Å². The van der Waals surface area contributed by atoms with Crippen LogP contribution in [0.1, 0.15) is 30.4 Å². The highest BCUT2D eigenvalue weighted by molar-refractivity contribution is 5.79. The lowest BCUT2D eigenvalue weighted by Gasteiger charge is -2.01. The predicted octanol–water partition coefficient (Wildman–Crippen LogP) is 1.72. The van der Waals surface area contributed by atoms with Crippen LogP contribution in [0.15, 0.2) is 36.9 Å². The van der Waals surface area contributed by atoms with E-state index in [2.05, 4.69) is 10.2 Å². The van der Waals surface area contributed by atoms with Gasteiger partial charge in [0.2, 0.25) is 11.8 Å². The molecule has 0 unspecified atom stereocenters. The molecule has 0 aliphatic carbocycles. The first-order chi connectivity index (χ1) is 8.52. The monoisotopic (exact) mass is 248 g/mol. The van der Waals surface area contributed by atoms with Gasteiger partial charge >= 0.3 is 0 Å². The largest absolute Gasteiger partial charge is 0.273 e. The number of carbonyl (C=O) groups is 2. The Balaban J connectivity index is 0.000000184. The van der Waals surface area contributed by atoms with Gasteiger partial charge in [0, 0.05) is 37.6 Å². The summed E-state index contributed by atoms with van der Waals surface area (Å²) < 4.78 is 2.63. The van der Waals surface area contributed by atoms with E-state index in [1.54, 1.807) is 36.9 Å². The van der Waals surface area contributed by atoms with Crippen molar-refractivity contribution < 1.29 is 9.59 Å². The fourth-order valence-corrected chi connectivity index (χ4v) is 1.12. The molecule has 6 nitrogen and oxygen atoms in total. The molecule has 2 heterocycles. The highest BCUT2D eigenvalue weighted by atomic mass is 16.2. The van der Waals surface area contributed by atoms with E-state index in [4.69, 9.17) is 0 Å². The summed E-state index contributed by atoms with van der Waals surface area (Å²) in [6.45, 7) is 5.17. The Bertz CT molecular complexity index is 486. The van der Waals surface area contributed by atoms with Gasteiger partial charge in [-0.15, -0.1) is 0 Å². The minimum atomic E-state index is -0.0602. The summed E-state index contributed by atoms with van der Waals surface area (Å²) >= 11 is 0. The van der Waals surface area contributed by atoms with Gasteiger partial charge in [0.15, 0.2) is 0 Å². The van der Waals surface area contributed by atoms with Gasteiger partial charge in [0.1, 0.15) is 0 Å². The molecule has 96 valence electrons. The van der Waals surface area contributed by atoms with Gasteiger partial charge in [-0.2, -0.15) is 10.2 Å². The van der Waals surface area contributed by atoms with Crippen molar-refractivity contribution in [3.63, 3.8) is 0 Å². The minimum absolute atomic E-state index is 0.0138. The molecule has 2 aromatic heterocycles. The maximum Gasteiger partial charge on any atom is 0.249 e. The Labute approximate surface area is 105 Å². The molecule has 0 fully saturated rings. The summed E-state index contributed by atoms with van der Waals surface area (Å²) in [6, 6.07) is 3.45. The molecular formula is C12H16N4O2. The Morgan fingerprint density at radius 2 is 1.50 bits per heavy atom. The SMILES string of the molecule is CC(=O)n1cccn1.CC(C)C(=O)n1cccn1. The van der Waals surface area contributed by atoms with Crippen molar-refractivity contribution in [1.82, 2.24) is 19.6 Å². The second-order valence-electron chi connectivity index (χ2n) is 3.91. The van der Waals surface area contributed by atoms with Crippen LogP contribution in [0, 0.1) is 5.92 Å². The van der Waals surface area contributed by atoms with Crippen molar-refractivity contribution in [3.8, 4) is 0 Å². The number of nitrogens with zero attached hydrogens (tertiary/aromatic N) is 4. The van der Waals surface area contributed by atoms with Crippen molar-refractivity contribution in [1.29, 1.82) is 0 Å². The molecule has 0 amide bonds. The van der Waals surface area contributed by atoms with Crippen LogP contribution in [0.5, 0.6) is 0 Å². The van der Waals surface area contributed by atoms with Crippen LogP contribution in [0.25, 0.3) is 0 Å². The molecule has 0 aliphatic rings. The van der Waals surface area contributed by atoms with Crippen LogP contribution in [0.2, 0.25) is 0 Å². The second kappa shape index (κ2) is 6.48. The summed E-state index contributed by atoms with van der Waals surface area (Å²) in [6.07, 6.45) is 6.44. The lowest BCUT2D eigenvalue weighted by Crippen LogP contribution is -2.16. The van der Waals surface area contributed by atoms with E-state index in [-0.39, 0.29) is 17.7 Å². The van der Waals surface area contributed by atoms with Crippen molar-refractivity contribution in [2.75, 3.05) is 0 Å². The third-order valence-corrected chi connectivity index (χ3v) is 2.05. The van der Waals surface area contributed by atoms with Gasteiger partial charge < -0.3 is 0 Å². The molecular weight excluding hydrogens is 232 g/mol. The smallest absolute Gasteiger partial charge is 0.249 e. The quantitative estimate of drug-likeness (QED) is 0.770. The standard InChI is InChI=1S/C7H10N2O.C5H6N2O/c1-6(2)7(10)9-5-3-4-8-9;1-5(8)7-4-2-3-6-7/h3-6H,1-2H3;2-4H,1H3. The van der Waals surface area contributed by atoms with Crippen molar-refractivity contribution in [3.05, 3.63) is 36.9 Å². The first kappa shape index (κ1) is 13.8. The lowest BCUT2D eigenvalue weighted by atomic mass is 10.2. The summed E-state index contributed by atoms with van der Waals surface area (Å²) in [5.74, 6) is -0.0140. The van der Waals surface area contributed by atoms with Gasteiger partial charge in [0.25, 0.3) is 0 Å². The Morgan fingerprint density at radius 1 is 1.00 bits per heavy atom. The Hall–Kier alpha value is -2.24. The average molecular weight is 248 g/mol. The molecule has 6 heteroatoms. The van der Waals surface area contributed by atoms with E-state index in [9.17, 15) is 9.59 Å². The van der Waals surface area contributed by atoms with E-state index in [1.165, 1.54) is 16.3 Å². The number of carbonyl (C=O) groups excluding carboxylic acids is 2. The maximum atomic E-state index is 11.1. The van der Waals surface area contributed by atoms with Crippen LogP contribution >= 0.6 is 0 Å². The second-order valence-corrected chi connectivity index (χ2v) is 3.91. The van der Waals surface area contributed by atoms with E-state index < -0.39 is 0 Å². The predicted molar refractivity (Wildman–Crippen MR) is 66.2 cm³/mol. The normalized spacial score (nSPS) is 9.78. The topological polar surface area (TPSA) is 69.8 Å². The van der Waals surface area contributed by atoms with Crippen LogP contribution in [-0.2, 0) is 0 Å². The van der Waals surface area contributed by atoms with Crippen LogP contribution in [-0.4, -0.2) is 31.4 Å². The molecule has 0 N–H and O–H groups in total. The maximum absolute atomic E-state index is 11.1. The van der Waals surface area contributed by atoms with Gasteiger partial charge in [-0.1, -0.05) is 13.8 Å². The molecule has 0 saturated carbocycles.